The number of nitrogens with zero attached hydrogens (tertiary/aromatic N) is 3. The molecule has 1 atom stereocenters. The van der Waals surface area contributed by atoms with Crippen molar-refractivity contribution in [3.8, 4) is 17.2 Å². The number of fused-ring (bicyclic) bond motifs is 1. The van der Waals surface area contributed by atoms with Crippen molar-refractivity contribution in [3.63, 3.8) is 0 Å². The standard InChI is InChI=1S/C24H29F2N3O3/c1-16(2)13-29-21-11-23(31-15-19(30)14-28-7-3-4-8-28)24(9-17(21)12-27-29)32-22-6-5-18(25)10-20(22)26/h5-6,9-12,16,19,30H,3-4,7-8,13-15H2,1-2H3. The second-order valence-electron chi connectivity index (χ2n) is 8.73. The van der Waals surface area contributed by atoms with Crippen LogP contribution in [0.15, 0.2) is 36.5 Å². The van der Waals surface area contributed by atoms with Gasteiger partial charge >= 0.3 is 0 Å². The fourth-order valence-electron chi connectivity index (χ4n) is 3.95. The van der Waals surface area contributed by atoms with E-state index in [1.54, 1.807) is 18.3 Å². The SMILES string of the molecule is CC(C)Cn1ncc2cc(Oc3ccc(F)cc3F)c(OCC(O)CN3CCCC3)cc21. The maximum atomic E-state index is 14.2. The molecule has 1 fully saturated rings. The van der Waals surface area contributed by atoms with E-state index in [4.69, 9.17) is 9.47 Å². The molecule has 1 unspecified atom stereocenters. The largest absolute Gasteiger partial charge is 0.487 e. The molecule has 0 spiro atoms. The van der Waals surface area contributed by atoms with Gasteiger partial charge in [0.2, 0.25) is 0 Å². The van der Waals surface area contributed by atoms with Gasteiger partial charge in [0.1, 0.15) is 18.5 Å². The topological polar surface area (TPSA) is 59.8 Å². The van der Waals surface area contributed by atoms with Crippen molar-refractivity contribution < 1.29 is 23.4 Å². The molecule has 0 aliphatic carbocycles. The second-order valence-corrected chi connectivity index (χ2v) is 8.73. The summed E-state index contributed by atoms with van der Waals surface area (Å²) in [6.45, 7) is 7.51. The van der Waals surface area contributed by atoms with Crippen LogP contribution in [0.1, 0.15) is 26.7 Å². The second kappa shape index (κ2) is 9.83. The number of aliphatic hydroxyl groups is 1. The Kier molecular flexibility index (Phi) is 6.91. The van der Waals surface area contributed by atoms with Crippen LogP contribution in [0, 0.1) is 17.6 Å². The molecule has 1 aliphatic rings. The maximum absolute atomic E-state index is 14.2. The monoisotopic (exact) mass is 445 g/mol. The highest BCUT2D eigenvalue weighted by Crippen LogP contribution is 2.37. The lowest BCUT2D eigenvalue weighted by Gasteiger charge is -2.20. The van der Waals surface area contributed by atoms with Crippen LogP contribution in [0.5, 0.6) is 17.2 Å². The minimum Gasteiger partial charge on any atom is -0.487 e. The summed E-state index contributed by atoms with van der Waals surface area (Å²) in [5, 5.41) is 15.7. The summed E-state index contributed by atoms with van der Waals surface area (Å²) >= 11 is 0. The molecule has 8 heteroatoms. The summed E-state index contributed by atoms with van der Waals surface area (Å²) in [7, 11) is 0. The van der Waals surface area contributed by atoms with Gasteiger partial charge in [-0.1, -0.05) is 13.8 Å². The van der Waals surface area contributed by atoms with Gasteiger partial charge in [-0.05, 0) is 50.0 Å². The highest BCUT2D eigenvalue weighted by atomic mass is 19.1. The number of hydrogen-bond acceptors (Lipinski definition) is 5. The van der Waals surface area contributed by atoms with E-state index >= 15 is 0 Å². The molecule has 0 saturated carbocycles. The lowest BCUT2D eigenvalue weighted by atomic mass is 10.2. The average molecular weight is 446 g/mol. The predicted octanol–water partition coefficient (Wildman–Crippen LogP) is 4.60. The minimum absolute atomic E-state index is 0.0720. The van der Waals surface area contributed by atoms with Gasteiger partial charge in [0, 0.05) is 30.6 Å². The number of ether oxygens (including phenoxy) is 2. The van der Waals surface area contributed by atoms with Crippen molar-refractivity contribution >= 4 is 10.9 Å². The van der Waals surface area contributed by atoms with Gasteiger partial charge in [0.05, 0.1) is 11.7 Å². The molecular weight excluding hydrogens is 416 g/mol. The van der Waals surface area contributed by atoms with Gasteiger partial charge in [-0.25, -0.2) is 8.78 Å². The normalized spacial score (nSPS) is 15.6. The molecule has 1 N–H and O–H groups in total. The van der Waals surface area contributed by atoms with Crippen molar-refractivity contribution in [2.45, 2.75) is 39.3 Å². The van der Waals surface area contributed by atoms with Crippen LogP contribution in [-0.4, -0.2) is 52.1 Å². The highest BCUT2D eigenvalue weighted by molar-refractivity contribution is 5.83. The molecule has 6 nitrogen and oxygen atoms in total. The molecule has 0 radical (unpaired) electrons. The first-order chi connectivity index (χ1) is 15.4. The third kappa shape index (κ3) is 5.37. The molecule has 0 amide bonds. The molecule has 1 aromatic heterocycles. The molecule has 172 valence electrons. The first kappa shape index (κ1) is 22.5. The summed E-state index contributed by atoms with van der Waals surface area (Å²) in [5.41, 5.74) is 0.856. The molecule has 0 bridgehead atoms. The van der Waals surface area contributed by atoms with Crippen molar-refractivity contribution in [2.24, 2.45) is 5.92 Å². The van der Waals surface area contributed by atoms with E-state index in [9.17, 15) is 13.9 Å². The Morgan fingerprint density at radius 2 is 1.81 bits per heavy atom. The van der Waals surface area contributed by atoms with E-state index in [0.717, 1.165) is 55.5 Å². The Labute approximate surface area is 186 Å². The zero-order valence-electron chi connectivity index (χ0n) is 18.4. The van der Waals surface area contributed by atoms with E-state index in [2.05, 4.69) is 23.8 Å². The van der Waals surface area contributed by atoms with Crippen LogP contribution >= 0.6 is 0 Å². The van der Waals surface area contributed by atoms with Crippen LogP contribution in [0.3, 0.4) is 0 Å². The molecule has 1 saturated heterocycles. The number of aromatic nitrogens is 2. The quantitative estimate of drug-likeness (QED) is 0.522. The minimum atomic E-state index is -0.805. The number of hydrogen-bond donors (Lipinski definition) is 1. The summed E-state index contributed by atoms with van der Waals surface area (Å²) in [4.78, 5) is 2.21. The van der Waals surface area contributed by atoms with Crippen LogP contribution < -0.4 is 9.47 Å². The van der Waals surface area contributed by atoms with Crippen molar-refractivity contribution in [1.82, 2.24) is 14.7 Å². The lowest BCUT2D eigenvalue weighted by molar-refractivity contribution is 0.0749. The van der Waals surface area contributed by atoms with Gasteiger partial charge < -0.3 is 19.5 Å². The Morgan fingerprint density at radius 1 is 1.03 bits per heavy atom. The Balaban J connectivity index is 1.60. The summed E-state index contributed by atoms with van der Waals surface area (Å²) < 4.78 is 41.1. The molecular formula is C24H29F2N3O3. The third-order valence-corrected chi connectivity index (χ3v) is 5.46. The average Bonchev–Trinajstić information content (AvgIpc) is 3.38. The Bertz CT molecular complexity index is 1060. The van der Waals surface area contributed by atoms with Crippen LogP contribution in [0.2, 0.25) is 0 Å². The first-order valence-electron chi connectivity index (χ1n) is 11.0. The van der Waals surface area contributed by atoms with Gasteiger partial charge in [0.25, 0.3) is 0 Å². The molecule has 4 rings (SSSR count). The zero-order chi connectivity index (χ0) is 22.7. The maximum Gasteiger partial charge on any atom is 0.170 e. The van der Waals surface area contributed by atoms with Crippen molar-refractivity contribution in [2.75, 3.05) is 26.2 Å². The molecule has 2 aromatic carbocycles. The first-order valence-corrected chi connectivity index (χ1v) is 11.0. The van der Waals surface area contributed by atoms with E-state index in [-0.39, 0.29) is 18.1 Å². The van der Waals surface area contributed by atoms with E-state index in [1.807, 2.05) is 4.68 Å². The Morgan fingerprint density at radius 3 is 2.53 bits per heavy atom. The fourth-order valence-corrected chi connectivity index (χ4v) is 3.95. The van der Waals surface area contributed by atoms with Crippen LogP contribution in [-0.2, 0) is 6.54 Å². The number of benzene rings is 2. The number of halogens is 2. The Hall–Kier alpha value is -2.71. The summed E-state index contributed by atoms with van der Waals surface area (Å²) in [6, 6.07) is 6.67. The highest BCUT2D eigenvalue weighted by Gasteiger charge is 2.19. The van der Waals surface area contributed by atoms with Gasteiger partial charge in [-0.15, -0.1) is 0 Å². The summed E-state index contributed by atoms with van der Waals surface area (Å²) in [5.74, 6) is -0.549. The zero-order valence-corrected chi connectivity index (χ0v) is 18.4. The van der Waals surface area contributed by atoms with Gasteiger partial charge in [-0.3, -0.25) is 4.68 Å². The molecule has 3 aromatic rings. The van der Waals surface area contributed by atoms with Crippen LogP contribution in [0.4, 0.5) is 8.78 Å². The fraction of sp³-hybridized carbons (Fsp3) is 0.458. The number of likely N-dealkylation sites (tertiary alicyclic amines) is 1. The van der Waals surface area contributed by atoms with E-state index < -0.39 is 17.7 Å². The van der Waals surface area contributed by atoms with Gasteiger partial charge in [-0.2, -0.15) is 5.10 Å². The van der Waals surface area contributed by atoms with Crippen LogP contribution in [0.25, 0.3) is 10.9 Å². The van der Waals surface area contributed by atoms with Crippen molar-refractivity contribution in [3.05, 3.63) is 48.2 Å². The number of aliphatic hydroxyl groups excluding tert-OH is 1. The van der Waals surface area contributed by atoms with Crippen molar-refractivity contribution in [1.29, 1.82) is 0 Å². The third-order valence-electron chi connectivity index (χ3n) is 5.46. The van der Waals surface area contributed by atoms with E-state index in [0.29, 0.717) is 18.2 Å². The molecule has 2 heterocycles. The lowest BCUT2D eigenvalue weighted by Crippen LogP contribution is -2.33. The van der Waals surface area contributed by atoms with Gasteiger partial charge in [0.15, 0.2) is 23.1 Å². The van der Waals surface area contributed by atoms with E-state index in [1.165, 1.54) is 6.07 Å². The summed E-state index contributed by atoms with van der Waals surface area (Å²) in [6.07, 6.45) is 3.34. The number of β-amino-alcohol motifs (C(OH)–C–C–N with tert-alkyl or cyclic N) is 1. The number of rotatable bonds is 9. The smallest absolute Gasteiger partial charge is 0.170 e. The molecule has 32 heavy (non-hydrogen) atoms. The predicted molar refractivity (Wildman–Crippen MR) is 118 cm³/mol. The molecule has 1 aliphatic heterocycles.